The third-order valence-electron chi connectivity index (χ3n) is 2.41. The number of hydrogen-bond donors (Lipinski definition) is 2. The highest BCUT2D eigenvalue weighted by Gasteiger charge is 2.07. The maximum Gasteiger partial charge on any atom is 0.226 e. The summed E-state index contributed by atoms with van der Waals surface area (Å²) in [5.74, 6) is 0.0457. The lowest BCUT2D eigenvalue weighted by Gasteiger charge is -2.07. The van der Waals surface area contributed by atoms with Crippen LogP contribution in [0, 0.1) is 13.8 Å². The van der Waals surface area contributed by atoms with Gasteiger partial charge in [-0.3, -0.25) is 4.79 Å². The molecule has 0 unspecified atom stereocenters. The smallest absolute Gasteiger partial charge is 0.226 e. The molecule has 4 nitrogen and oxygen atoms in total. The van der Waals surface area contributed by atoms with Gasteiger partial charge < -0.3 is 10.6 Å². The first-order valence-electron chi connectivity index (χ1n) is 5.96. The van der Waals surface area contributed by atoms with E-state index in [9.17, 15) is 4.79 Å². The molecule has 2 N–H and O–H groups in total. The Morgan fingerprint density at radius 2 is 2.12 bits per heavy atom. The van der Waals surface area contributed by atoms with Crippen molar-refractivity contribution in [2.75, 3.05) is 11.9 Å². The van der Waals surface area contributed by atoms with Crippen molar-refractivity contribution < 1.29 is 4.79 Å². The molecule has 0 radical (unpaired) electrons. The summed E-state index contributed by atoms with van der Waals surface area (Å²) in [5.41, 5.74) is 0.992. The Morgan fingerprint density at radius 1 is 1.41 bits per heavy atom. The summed E-state index contributed by atoms with van der Waals surface area (Å²) in [6.07, 6.45) is 1.39. The summed E-state index contributed by atoms with van der Waals surface area (Å²) in [7, 11) is 0. The van der Waals surface area contributed by atoms with E-state index in [2.05, 4.69) is 29.5 Å². The first-order valence-corrected chi connectivity index (χ1v) is 6.78. The van der Waals surface area contributed by atoms with Gasteiger partial charge in [-0.25, -0.2) is 4.98 Å². The lowest BCUT2D eigenvalue weighted by atomic mass is 10.3. The van der Waals surface area contributed by atoms with Gasteiger partial charge in [0.05, 0.1) is 5.69 Å². The van der Waals surface area contributed by atoms with E-state index in [0.29, 0.717) is 17.6 Å². The second-order valence-electron chi connectivity index (χ2n) is 4.42. The number of hydrogen-bond acceptors (Lipinski definition) is 4. The fraction of sp³-hybridized carbons (Fsp3) is 0.667. The predicted octanol–water partition coefficient (Wildman–Crippen LogP) is 2.48. The van der Waals surface area contributed by atoms with Crippen molar-refractivity contribution in [2.24, 2.45) is 0 Å². The number of anilines is 1. The van der Waals surface area contributed by atoms with E-state index in [1.807, 2.05) is 13.8 Å². The summed E-state index contributed by atoms with van der Waals surface area (Å²) in [6.45, 7) is 9.03. The van der Waals surface area contributed by atoms with Crippen LogP contribution in [-0.4, -0.2) is 23.5 Å². The zero-order valence-corrected chi connectivity index (χ0v) is 11.8. The Morgan fingerprint density at radius 3 is 2.65 bits per heavy atom. The number of rotatable bonds is 6. The first kappa shape index (κ1) is 14.1. The third kappa shape index (κ3) is 5.28. The minimum Gasteiger partial charge on any atom is -0.315 e. The van der Waals surface area contributed by atoms with E-state index in [-0.39, 0.29) is 5.91 Å². The number of nitrogens with zero attached hydrogens (tertiary/aromatic N) is 1. The summed E-state index contributed by atoms with van der Waals surface area (Å²) >= 11 is 1.53. The highest BCUT2D eigenvalue weighted by atomic mass is 32.1. The van der Waals surface area contributed by atoms with Gasteiger partial charge in [0.15, 0.2) is 5.13 Å². The predicted molar refractivity (Wildman–Crippen MR) is 72.6 cm³/mol. The van der Waals surface area contributed by atoms with Gasteiger partial charge >= 0.3 is 0 Å². The highest BCUT2D eigenvalue weighted by molar-refractivity contribution is 7.15. The van der Waals surface area contributed by atoms with E-state index >= 15 is 0 Å². The number of thiazole rings is 1. The fourth-order valence-electron chi connectivity index (χ4n) is 1.35. The van der Waals surface area contributed by atoms with E-state index in [0.717, 1.165) is 23.5 Å². The largest absolute Gasteiger partial charge is 0.315 e. The average Bonchev–Trinajstić information content (AvgIpc) is 2.52. The number of carbonyl (C=O) groups is 1. The molecule has 1 rings (SSSR count). The van der Waals surface area contributed by atoms with Crippen molar-refractivity contribution in [1.29, 1.82) is 0 Å². The Kier molecular flexibility index (Phi) is 5.58. The zero-order chi connectivity index (χ0) is 12.8. The zero-order valence-electron chi connectivity index (χ0n) is 11.0. The minimum atomic E-state index is 0.0457. The molecule has 0 atom stereocenters. The van der Waals surface area contributed by atoms with Crippen LogP contribution in [0.1, 0.15) is 37.3 Å². The molecule has 0 spiro atoms. The molecule has 17 heavy (non-hydrogen) atoms. The maximum absolute atomic E-state index is 11.6. The summed E-state index contributed by atoms with van der Waals surface area (Å²) in [6, 6.07) is 0.474. The van der Waals surface area contributed by atoms with Gasteiger partial charge in [0, 0.05) is 17.3 Å². The molecule has 5 heteroatoms. The van der Waals surface area contributed by atoms with Crippen molar-refractivity contribution in [3.63, 3.8) is 0 Å². The molecule has 1 aromatic heterocycles. The van der Waals surface area contributed by atoms with Crippen LogP contribution in [0.25, 0.3) is 0 Å². The molecular formula is C12H21N3OS. The quantitative estimate of drug-likeness (QED) is 0.768. The first-order chi connectivity index (χ1) is 7.99. The van der Waals surface area contributed by atoms with Crippen LogP contribution < -0.4 is 10.6 Å². The van der Waals surface area contributed by atoms with Crippen LogP contribution in [-0.2, 0) is 4.79 Å². The lowest BCUT2D eigenvalue weighted by molar-refractivity contribution is -0.116. The van der Waals surface area contributed by atoms with Crippen LogP contribution in [0.5, 0.6) is 0 Å². The normalized spacial score (nSPS) is 10.9. The lowest BCUT2D eigenvalue weighted by Crippen LogP contribution is -2.24. The molecule has 1 heterocycles. The van der Waals surface area contributed by atoms with Crippen LogP contribution in [0.15, 0.2) is 0 Å². The van der Waals surface area contributed by atoms with Crippen LogP contribution in [0.4, 0.5) is 5.13 Å². The van der Waals surface area contributed by atoms with Crippen molar-refractivity contribution in [3.05, 3.63) is 10.6 Å². The van der Waals surface area contributed by atoms with Gasteiger partial charge in [-0.05, 0) is 26.8 Å². The van der Waals surface area contributed by atoms with E-state index in [1.165, 1.54) is 11.3 Å². The van der Waals surface area contributed by atoms with Gasteiger partial charge in [-0.15, -0.1) is 11.3 Å². The number of carbonyl (C=O) groups excluding carboxylic acids is 1. The van der Waals surface area contributed by atoms with Gasteiger partial charge in [0.25, 0.3) is 0 Å². The summed E-state index contributed by atoms with van der Waals surface area (Å²) < 4.78 is 0. The van der Waals surface area contributed by atoms with Crippen LogP contribution in [0.3, 0.4) is 0 Å². The molecule has 0 aliphatic heterocycles. The Hall–Kier alpha value is -0.940. The standard InChI is InChI=1S/C12H21N3OS/c1-8(2)13-7-5-6-11(16)15-12-14-9(3)10(4)17-12/h8,13H,5-7H2,1-4H3,(H,14,15,16). The Labute approximate surface area is 107 Å². The maximum atomic E-state index is 11.6. The van der Waals surface area contributed by atoms with Crippen LogP contribution >= 0.6 is 11.3 Å². The summed E-state index contributed by atoms with van der Waals surface area (Å²) in [5, 5.41) is 6.83. The topological polar surface area (TPSA) is 54.0 Å². The van der Waals surface area contributed by atoms with E-state index in [1.54, 1.807) is 0 Å². The average molecular weight is 255 g/mol. The monoisotopic (exact) mass is 255 g/mol. The van der Waals surface area contributed by atoms with Gasteiger partial charge in [0.1, 0.15) is 0 Å². The number of aromatic nitrogens is 1. The fourth-order valence-corrected chi connectivity index (χ4v) is 2.18. The number of aryl methyl sites for hydroxylation is 2. The van der Waals surface area contributed by atoms with Gasteiger partial charge in [-0.1, -0.05) is 13.8 Å². The van der Waals surface area contributed by atoms with Gasteiger partial charge in [0.2, 0.25) is 5.91 Å². The second kappa shape index (κ2) is 6.71. The summed E-state index contributed by atoms with van der Waals surface area (Å²) in [4.78, 5) is 17.0. The second-order valence-corrected chi connectivity index (χ2v) is 5.62. The van der Waals surface area contributed by atoms with Crippen molar-refractivity contribution in [2.45, 2.75) is 46.6 Å². The molecule has 96 valence electrons. The molecule has 0 aromatic carbocycles. The molecule has 0 bridgehead atoms. The molecule has 0 saturated carbocycles. The highest BCUT2D eigenvalue weighted by Crippen LogP contribution is 2.21. The molecule has 1 aromatic rings. The number of nitrogens with one attached hydrogen (secondary N) is 2. The van der Waals surface area contributed by atoms with Crippen molar-refractivity contribution in [3.8, 4) is 0 Å². The number of amides is 1. The van der Waals surface area contributed by atoms with Crippen molar-refractivity contribution in [1.82, 2.24) is 10.3 Å². The molecule has 0 fully saturated rings. The molecule has 0 saturated heterocycles. The third-order valence-corrected chi connectivity index (χ3v) is 3.40. The van der Waals surface area contributed by atoms with Crippen LogP contribution in [0.2, 0.25) is 0 Å². The molecular weight excluding hydrogens is 234 g/mol. The Balaban J connectivity index is 2.25. The molecule has 0 aliphatic rings. The Bertz CT molecular complexity index is 354. The molecule has 1 amide bonds. The van der Waals surface area contributed by atoms with Crippen molar-refractivity contribution >= 4 is 22.4 Å². The van der Waals surface area contributed by atoms with E-state index < -0.39 is 0 Å². The SMILES string of the molecule is Cc1nc(NC(=O)CCCNC(C)C)sc1C. The van der Waals surface area contributed by atoms with E-state index in [4.69, 9.17) is 0 Å². The van der Waals surface area contributed by atoms with Gasteiger partial charge in [-0.2, -0.15) is 0 Å². The molecule has 0 aliphatic carbocycles. The minimum absolute atomic E-state index is 0.0457.